The highest BCUT2D eigenvalue weighted by molar-refractivity contribution is 5.04. The summed E-state index contributed by atoms with van der Waals surface area (Å²) in [6, 6.07) is 0. The summed E-state index contributed by atoms with van der Waals surface area (Å²) in [5, 5.41) is 9.13. The first-order valence-corrected chi connectivity index (χ1v) is 9.62. The molecule has 5 heteroatoms. The molecule has 0 aromatic carbocycles. The quantitative estimate of drug-likeness (QED) is 0.836. The topological polar surface area (TPSA) is 37.2 Å². The van der Waals surface area contributed by atoms with Crippen molar-refractivity contribution in [1.29, 1.82) is 0 Å². The molecule has 0 spiro atoms. The van der Waals surface area contributed by atoms with Gasteiger partial charge in [0, 0.05) is 26.1 Å². The summed E-state index contributed by atoms with van der Waals surface area (Å²) in [5.74, 6) is 3.94. The summed E-state index contributed by atoms with van der Waals surface area (Å²) in [6.45, 7) is 7.20. The Labute approximate surface area is 140 Å². The van der Waals surface area contributed by atoms with Crippen LogP contribution in [0.2, 0.25) is 0 Å². The number of aromatic nitrogens is 3. The van der Waals surface area contributed by atoms with Crippen LogP contribution >= 0.6 is 0 Å². The second-order valence-electron chi connectivity index (χ2n) is 7.91. The summed E-state index contributed by atoms with van der Waals surface area (Å²) in [6.07, 6.45) is 9.55. The van der Waals surface area contributed by atoms with Crippen molar-refractivity contribution in [1.82, 2.24) is 24.6 Å². The molecule has 0 radical (unpaired) electrons. The van der Waals surface area contributed by atoms with Crippen LogP contribution < -0.4 is 0 Å². The van der Waals surface area contributed by atoms with Gasteiger partial charge in [-0.1, -0.05) is 6.42 Å². The van der Waals surface area contributed by atoms with Gasteiger partial charge < -0.3 is 9.47 Å². The van der Waals surface area contributed by atoms with E-state index in [1.165, 1.54) is 83.5 Å². The standard InChI is InChI=1S/C18H31N5/c1-21-17(14-22-9-3-2-4-10-22)19-20-18(21)16-6-5-11-23(13-16)12-15-7-8-15/h15-16H,2-14H2,1H3. The Hall–Kier alpha value is -0.940. The second-order valence-corrected chi connectivity index (χ2v) is 7.91. The van der Waals surface area contributed by atoms with Crippen molar-refractivity contribution in [2.75, 3.05) is 32.7 Å². The number of hydrogen-bond donors (Lipinski definition) is 0. The third-order valence-corrected chi connectivity index (χ3v) is 5.90. The highest BCUT2D eigenvalue weighted by Gasteiger charge is 2.30. The van der Waals surface area contributed by atoms with E-state index in [0.717, 1.165) is 18.3 Å². The predicted molar refractivity (Wildman–Crippen MR) is 91.3 cm³/mol. The van der Waals surface area contributed by atoms with Crippen LogP contribution in [0.1, 0.15) is 62.5 Å². The molecule has 0 N–H and O–H groups in total. The molecule has 0 amide bonds. The highest BCUT2D eigenvalue weighted by atomic mass is 15.3. The predicted octanol–water partition coefficient (Wildman–Crippen LogP) is 2.39. The van der Waals surface area contributed by atoms with Gasteiger partial charge in [-0.05, 0) is 64.1 Å². The molecule has 23 heavy (non-hydrogen) atoms. The molecule has 1 aromatic rings. The van der Waals surface area contributed by atoms with E-state index in [1.54, 1.807) is 0 Å². The van der Waals surface area contributed by atoms with E-state index in [-0.39, 0.29) is 0 Å². The normalized spacial score (nSPS) is 27.4. The molecule has 1 aliphatic carbocycles. The number of piperidine rings is 2. The first-order chi connectivity index (χ1) is 11.3. The van der Waals surface area contributed by atoms with E-state index < -0.39 is 0 Å². The van der Waals surface area contributed by atoms with E-state index in [0.29, 0.717) is 5.92 Å². The maximum absolute atomic E-state index is 4.59. The third kappa shape index (κ3) is 3.77. The Balaban J connectivity index is 1.39. The van der Waals surface area contributed by atoms with Crippen molar-refractivity contribution < 1.29 is 0 Å². The van der Waals surface area contributed by atoms with Crippen molar-refractivity contribution in [3.05, 3.63) is 11.6 Å². The Kier molecular flexibility index (Phi) is 4.67. The molecule has 0 bridgehead atoms. The number of hydrogen-bond acceptors (Lipinski definition) is 4. The molecule has 1 unspecified atom stereocenters. The Morgan fingerprint density at radius 3 is 2.48 bits per heavy atom. The molecule has 2 saturated heterocycles. The van der Waals surface area contributed by atoms with Crippen LogP contribution in [0.5, 0.6) is 0 Å². The molecule has 3 heterocycles. The molecule has 2 aliphatic heterocycles. The molecular weight excluding hydrogens is 286 g/mol. The SMILES string of the molecule is Cn1c(CN2CCCCC2)nnc1C1CCCN(CC2CC2)C1. The summed E-state index contributed by atoms with van der Waals surface area (Å²) in [5.41, 5.74) is 0. The first-order valence-electron chi connectivity index (χ1n) is 9.62. The number of rotatable bonds is 5. The summed E-state index contributed by atoms with van der Waals surface area (Å²) in [7, 11) is 2.18. The number of nitrogens with zero attached hydrogens (tertiary/aromatic N) is 5. The van der Waals surface area contributed by atoms with E-state index in [1.807, 2.05) is 0 Å². The van der Waals surface area contributed by atoms with E-state index in [2.05, 4.69) is 31.6 Å². The third-order valence-electron chi connectivity index (χ3n) is 5.90. The van der Waals surface area contributed by atoms with Crippen LogP contribution in [-0.2, 0) is 13.6 Å². The van der Waals surface area contributed by atoms with Crippen molar-refractivity contribution in [3.8, 4) is 0 Å². The maximum atomic E-state index is 4.59. The Morgan fingerprint density at radius 1 is 0.913 bits per heavy atom. The average Bonchev–Trinajstić information content (AvgIpc) is 3.32. The lowest BCUT2D eigenvalue weighted by molar-refractivity contribution is 0.194. The molecule has 3 aliphatic rings. The second kappa shape index (κ2) is 6.89. The minimum absolute atomic E-state index is 0.579. The van der Waals surface area contributed by atoms with Crippen LogP contribution in [0.3, 0.4) is 0 Å². The summed E-state index contributed by atoms with van der Waals surface area (Å²) < 4.78 is 2.29. The fraction of sp³-hybridized carbons (Fsp3) is 0.889. The number of likely N-dealkylation sites (tertiary alicyclic amines) is 2. The van der Waals surface area contributed by atoms with Crippen molar-refractivity contribution in [2.45, 2.75) is 57.4 Å². The summed E-state index contributed by atoms with van der Waals surface area (Å²) >= 11 is 0. The van der Waals surface area contributed by atoms with Crippen LogP contribution in [0.25, 0.3) is 0 Å². The maximum Gasteiger partial charge on any atom is 0.146 e. The molecule has 1 saturated carbocycles. The van der Waals surface area contributed by atoms with E-state index in [4.69, 9.17) is 0 Å². The molecular formula is C18H31N5. The lowest BCUT2D eigenvalue weighted by Crippen LogP contribution is -2.36. The highest BCUT2D eigenvalue weighted by Crippen LogP contribution is 2.33. The van der Waals surface area contributed by atoms with Gasteiger partial charge in [0.1, 0.15) is 11.6 Å². The van der Waals surface area contributed by atoms with Crippen molar-refractivity contribution in [3.63, 3.8) is 0 Å². The molecule has 4 rings (SSSR count). The lowest BCUT2D eigenvalue weighted by atomic mass is 9.97. The van der Waals surface area contributed by atoms with Gasteiger partial charge in [-0.15, -0.1) is 10.2 Å². The summed E-state index contributed by atoms with van der Waals surface area (Å²) in [4.78, 5) is 5.21. The van der Waals surface area contributed by atoms with Gasteiger partial charge in [0.15, 0.2) is 0 Å². The average molecular weight is 317 g/mol. The Bertz CT molecular complexity index is 515. The van der Waals surface area contributed by atoms with Gasteiger partial charge >= 0.3 is 0 Å². The zero-order chi connectivity index (χ0) is 15.6. The molecule has 5 nitrogen and oxygen atoms in total. The van der Waals surface area contributed by atoms with Gasteiger partial charge in [0.05, 0.1) is 6.54 Å². The zero-order valence-electron chi connectivity index (χ0n) is 14.6. The fourth-order valence-corrected chi connectivity index (χ4v) is 4.28. The van der Waals surface area contributed by atoms with Gasteiger partial charge in [-0.3, -0.25) is 4.90 Å². The van der Waals surface area contributed by atoms with E-state index in [9.17, 15) is 0 Å². The molecule has 1 atom stereocenters. The van der Waals surface area contributed by atoms with Crippen LogP contribution in [0, 0.1) is 5.92 Å². The monoisotopic (exact) mass is 317 g/mol. The van der Waals surface area contributed by atoms with Gasteiger partial charge in [-0.2, -0.15) is 0 Å². The van der Waals surface area contributed by atoms with Gasteiger partial charge in [-0.25, -0.2) is 0 Å². The smallest absolute Gasteiger partial charge is 0.146 e. The van der Waals surface area contributed by atoms with Gasteiger partial charge in [0.2, 0.25) is 0 Å². The van der Waals surface area contributed by atoms with Crippen molar-refractivity contribution >= 4 is 0 Å². The fourth-order valence-electron chi connectivity index (χ4n) is 4.28. The van der Waals surface area contributed by atoms with Gasteiger partial charge in [0.25, 0.3) is 0 Å². The minimum atomic E-state index is 0.579. The van der Waals surface area contributed by atoms with Crippen LogP contribution in [0.4, 0.5) is 0 Å². The van der Waals surface area contributed by atoms with E-state index >= 15 is 0 Å². The molecule has 128 valence electrons. The van der Waals surface area contributed by atoms with Crippen LogP contribution in [0.15, 0.2) is 0 Å². The van der Waals surface area contributed by atoms with Crippen LogP contribution in [-0.4, -0.2) is 57.3 Å². The zero-order valence-corrected chi connectivity index (χ0v) is 14.6. The molecule has 3 fully saturated rings. The Morgan fingerprint density at radius 2 is 1.70 bits per heavy atom. The lowest BCUT2D eigenvalue weighted by Gasteiger charge is -2.32. The van der Waals surface area contributed by atoms with Crippen molar-refractivity contribution in [2.24, 2.45) is 13.0 Å². The minimum Gasteiger partial charge on any atom is -0.317 e. The largest absolute Gasteiger partial charge is 0.317 e. The molecule has 1 aromatic heterocycles. The first kappa shape index (κ1) is 15.6.